The van der Waals surface area contributed by atoms with Gasteiger partial charge in [-0.05, 0) is 43.9 Å². The number of nitrogens with one attached hydrogen (secondary N) is 1. The molecule has 1 amide bonds. The molecular weight excluding hydrogens is 342 g/mol. The zero-order valence-corrected chi connectivity index (χ0v) is 13.7. The van der Waals surface area contributed by atoms with E-state index in [1.807, 2.05) is 0 Å². The summed E-state index contributed by atoms with van der Waals surface area (Å²) in [5.74, 6) is -2.23. The minimum Gasteiger partial charge on any atom is -0.511 e. The molecule has 0 atom stereocenters. The van der Waals surface area contributed by atoms with Crippen LogP contribution in [0.2, 0.25) is 0 Å². The van der Waals surface area contributed by atoms with E-state index in [9.17, 15) is 18.7 Å². The number of benzene rings is 1. The molecule has 1 aromatic carbocycles. The molecule has 3 aliphatic carbocycles. The minimum atomic E-state index is -1.03. The molecule has 0 radical (unpaired) electrons. The molecule has 1 fully saturated rings. The lowest BCUT2D eigenvalue weighted by atomic mass is 9.66. The second-order valence-corrected chi connectivity index (χ2v) is 6.25. The number of aliphatic hydroxyl groups is 1. The molecule has 0 aromatic heterocycles. The van der Waals surface area contributed by atoms with Crippen molar-refractivity contribution < 1.29 is 23.4 Å². The Morgan fingerprint density at radius 1 is 1.25 bits per heavy atom. The Morgan fingerprint density at radius 2 is 1.92 bits per heavy atom. The highest BCUT2D eigenvalue weighted by atomic mass is 35.5. The maximum absolute atomic E-state index is 13.1. The highest BCUT2D eigenvalue weighted by Gasteiger charge is 2.48. The van der Waals surface area contributed by atoms with Crippen molar-refractivity contribution in [3.05, 3.63) is 41.7 Å². The third kappa shape index (κ3) is 3.47. The number of nitrogens with two attached hydrogens (primary N) is 1. The lowest BCUT2D eigenvalue weighted by Crippen LogP contribution is -2.61. The molecule has 4 N–H and O–H groups in total. The van der Waals surface area contributed by atoms with Crippen LogP contribution in [0, 0.1) is 11.6 Å². The maximum Gasteiger partial charge on any atom is 0.258 e. The van der Waals surface area contributed by atoms with Crippen LogP contribution in [0.25, 0.3) is 0 Å². The molecule has 0 heterocycles. The quantitative estimate of drug-likeness (QED) is 0.769. The van der Waals surface area contributed by atoms with Gasteiger partial charge in [-0.15, -0.1) is 12.4 Å². The molecule has 0 spiro atoms. The van der Waals surface area contributed by atoms with Crippen molar-refractivity contribution in [1.29, 1.82) is 0 Å². The largest absolute Gasteiger partial charge is 0.511 e. The fourth-order valence-corrected chi connectivity index (χ4v) is 3.14. The van der Waals surface area contributed by atoms with Crippen LogP contribution < -0.4 is 15.8 Å². The predicted octanol–water partition coefficient (Wildman–Crippen LogP) is 2.35. The number of amides is 1. The van der Waals surface area contributed by atoms with E-state index in [2.05, 4.69) is 5.32 Å². The number of halogens is 3. The van der Waals surface area contributed by atoms with Crippen LogP contribution in [0.3, 0.4) is 0 Å². The molecule has 5 nitrogen and oxygen atoms in total. The Labute approximate surface area is 144 Å². The van der Waals surface area contributed by atoms with Gasteiger partial charge in [-0.3, -0.25) is 4.79 Å². The second-order valence-electron chi connectivity index (χ2n) is 6.25. The normalized spacial score (nSPS) is 27.9. The van der Waals surface area contributed by atoms with Gasteiger partial charge < -0.3 is 20.9 Å². The highest BCUT2D eigenvalue weighted by molar-refractivity contribution is 5.85. The zero-order chi connectivity index (χ0) is 16.7. The number of carbonyl (C=O) groups excluding carboxylic acids is 1. The van der Waals surface area contributed by atoms with E-state index >= 15 is 0 Å². The van der Waals surface area contributed by atoms with Gasteiger partial charge in [0.05, 0.1) is 11.1 Å². The molecule has 1 aromatic rings. The summed E-state index contributed by atoms with van der Waals surface area (Å²) in [6, 6.07) is 3.07. The highest BCUT2D eigenvalue weighted by Crippen LogP contribution is 2.43. The summed E-state index contributed by atoms with van der Waals surface area (Å²) in [5.41, 5.74) is 4.79. The van der Waals surface area contributed by atoms with Gasteiger partial charge in [0, 0.05) is 6.07 Å². The Morgan fingerprint density at radius 3 is 2.50 bits per heavy atom. The molecule has 0 aliphatic heterocycles. The monoisotopic (exact) mass is 360 g/mol. The van der Waals surface area contributed by atoms with Gasteiger partial charge in [0.15, 0.2) is 18.2 Å². The molecule has 24 heavy (non-hydrogen) atoms. The summed E-state index contributed by atoms with van der Waals surface area (Å²) in [6.07, 6.45) is 4.09. The molecule has 0 saturated heterocycles. The van der Waals surface area contributed by atoms with Crippen molar-refractivity contribution in [2.45, 2.75) is 36.8 Å². The number of hydrogen-bond acceptors (Lipinski definition) is 4. The van der Waals surface area contributed by atoms with Gasteiger partial charge in [0.2, 0.25) is 0 Å². The van der Waals surface area contributed by atoms with Crippen LogP contribution in [-0.4, -0.2) is 28.7 Å². The maximum atomic E-state index is 13.1. The van der Waals surface area contributed by atoms with Crippen LogP contribution >= 0.6 is 12.4 Å². The standard InChI is InChI=1S/C16H18F2N2O3.ClH/c17-11-2-1-10(7-12(11)18)23-9-14(22)20-15-3-5-16(19,6-4-15)13(21)8-15;/h1-2,7-8,21H,3-6,9,19H2,(H,20,22);1H. The number of fused-ring (bicyclic) bond motifs is 2. The lowest BCUT2D eigenvalue weighted by molar-refractivity contribution is -0.125. The molecule has 1 saturated carbocycles. The lowest BCUT2D eigenvalue weighted by Gasteiger charge is -2.48. The van der Waals surface area contributed by atoms with Gasteiger partial charge in [0.1, 0.15) is 11.5 Å². The van der Waals surface area contributed by atoms with E-state index in [1.54, 1.807) is 6.08 Å². The van der Waals surface area contributed by atoms with Gasteiger partial charge in [-0.2, -0.15) is 0 Å². The van der Waals surface area contributed by atoms with E-state index in [4.69, 9.17) is 10.5 Å². The Bertz CT molecular complexity index is 673. The van der Waals surface area contributed by atoms with Gasteiger partial charge in [-0.25, -0.2) is 8.78 Å². The average molecular weight is 361 g/mol. The molecule has 4 rings (SSSR count). The molecule has 2 bridgehead atoms. The number of rotatable bonds is 4. The number of aliphatic hydroxyl groups excluding tert-OH is 1. The predicted molar refractivity (Wildman–Crippen MR) is 86.1 cm³/mol. The van der Waals surface area contributed by atoms with Crippen molar-refractivity contribution in [2.75, 3.05) is 6.61 Å². The smallest absolute Gasteiger partial charge is 0.258 e. The number of carbonyl (C=O) groups is 1. The van der Waals surface area contributed by atoms with E-state index in [-0.39, 0.29) is 30.5 Å². The molecule has 0 unspecified atom stereocenters. The van der Waals surface area contributed by atoms with Crippen molar-refractivity contribution in [3.8, 4) is 5.75 Å². The van der Waals surface area contributed by atoms with Crippen molar-refractivity contribution in [1.82, 2.24) is 5.32 Å². The van der Waals surface area contributed by atoms with Crippen molar-refractivity contribution in [3.63, 3.8) is 0 Å². The Balaban J connectivity index is 0.00000208. The molecule has 132 valence electrons. The molecule has 3 aliphatic rings. The van der Waals surface area contributed by atoms with Gasteiger partial charge in [0.25, 0.3) is 5.91 Å². The molecule has 8 heteroatoms. The van der Waals surface area contributed by atoms with Crippen molar-refractivity contribution in [2.24, 2.45) is 5.73 Å². The SMILES string of the molecule is Cl.NC12CCC(NC(=O)COc3ccc(F)c(F)c3)(C=C1O)CC2. The number of hydrogen-bond donors (Lipinski definition) is 3. The van der Waals surface area contributed by atoms with E-state index < -0.39 is 28.6 Å². The molecular formula is C16H19ClF2N2O3. The van der Waals surface area contributed by atoms with Crippen LogP contribution in [0.5, 0.6) is 5.75 Å². The summed E-state index contributed by atoms with van der Waals surface area (Å²) < 4.78 is 31.1. The summed E-state index contributed by atoms with van der Waals surface area (Å²) in [7, 11) is 0. The summed E-state index contributed by atoms with van der Waals surface area (Å²) >= 11 is 0. The second kappa shape index (κ2) is 6.57. The summed E-state index contributed by atoms with van der Waals surface area (Å²) in [6.45, 7) is -0.324. The fraction of sp³-hybridized carbons (Fsp3) is 0.438. The topological polar surface area (TPSA) is 84.6 Å². The van der Waals surface area contributed by atoms with Crippen molar-refractivity contribution >= 4 is 18.3 Å². The first-order valence-corrected chi connectivity index (χ1v) is 7.42. The first-order valence-electron chi connectivity index (χ1n) is 7.42. The van der Waals surface area contributed by atoms with Gasteiger partial charge in [-0.1, -0.05) is 0 Å². The van der Waals surface area contributed by atoms with Crippen LogP contribution in [0.4, 0.5) is 8.78 Å². The third-order valence-electron chi connectivity index (χ3n) is 4.61. The van der Waals surface area contributed by atoms with E-state index in [0.717, 1.165) is 12.1 Å². The van der Waals surface area contributed by atoms with Gasteiger partial charge >= 0.3 is 0 Å². The van der Waals surface area contributed by atoms with E-state index in [1.165, 1.54) is 6.07 Å². The van der Waals surface area contributed by atoms with Crippen LogP contribution in [0.1, 0.15) is 25.7 Å². The Kier molecular flexibility index (Phi) is 5.05. The average Bonchev–Trinajstić information content (AvgIpc) is 2.51. The van der Waals surface area contributed by atoms with Crippen LogP contribution in [0.15, 0.2) is 30.0 Å². The summed E-state index contributed by atoms with van der Waals surface area (Å²) in [5, 5.41) is 12.8. The fourth-order valence-electron chi connectivity index (χ4n) is 3.14. The number of ether oxygens (including phenoxy) is 1. The Hall–Kier alpha value is -1.86. The first kappa shape index (κ1) is 18.5. The van der Waals surface area contributed by atoms with E-state index in [0.29, 0.717) is 25.7 Å². The first-order chi connectivity index (χ1) is 10.8. The summed E-state index contributed by atoms with van der Waals surface area (Å²) in [4.78, 5) is 12.1. The minimum absolute atomic E-state index is 0. The zero-order valence-electron chi connectivity index (χ0n) is 12.9. The van der Waals surface area contributed by atoms with Crippen LogP contribution in [-0.2, 0) is 4.79 Å². The third-order valence-corrected chi connectivity index (χ3v) is 4.61.